The molecule has 0 saturated carbocycles. The van der Waals surface area contributed by atoms with E-state index in [1.165, 1.54) is 23.5 Å². The van der Waals surface area contributed by atoms with Gasteiger partial charge in [0.05, 0.1) is 11.5 Å². The lowest BCUT2D eigenvalue weighted by Crippen LogP contribution is -2.14. The highest BCUT2D eigenvalue weighted by Crippen LogP contribution is 2.40. The summed E-state index contributed by atoms with van der Waals surface area (Å²) in [6.07, 6.45) is 0.119. The lowest BCUT2D eigenvalue weighted by Gasteiger charge is -2.09. The average Bonchev–Trinajstić information content (AvgIpc) is 2.91. The van der Waals surface area contributed by atoms with E-state index in [-0.39, 0.29) is 36.1 Å². The van der Waals surface area contributed by atoms with E-state index in [9.17, 15) is 19.7 Å². The SMILES string of the molecule is CCOC(=O)c1c(NC(=O)CCCl)sc(C)c1-c1ccc([N+](=O)[O-])cc1. The Hall–Kier alpha value is -2.45. The number of nitro groups is 1. The number of hydrogen-bond donors (Lipinski definition) is 1. The van der Waals surface area contributed by atoms with Crippen molar-refractivity contribution in [1.29, 1.82) is 0 Å². The molecule has 0 aliphatic carbocycles. The van der Waals surface area contributed by atoms with Crippen LogP contribution in [-0.4, -0.2) is 29.3 Å². The van der Waals surface area contributed by atoms with Gasteiger partial charge in [-0.05, 0) is 31.5 Å². The Bertz CT molecular complexity index is 832. The molecule has 0 unspecified atom stereocenters. The first-order chi connectivity index (χ1) is 12.4. The van der Waals surface area contributed by atoms with E-state index in [0.29, 0.717) is 16.1 Å². The second-order valence-corrected chi connectivity index (χ2v) is 6.85. The summed E-state index contributed by atoms with van der Waals surface area (Å²) in [5.41, 5.74) is 1.41. The minimum absolute atomic E-state index is 0.0463. The number of anilines is 1. The van der Waals surface area contributed by atoms with Gasteiger partial charge in [0.15, 0.2) is 0 Å². The number of nitro benzene ring substituents is 1. The van der Waals surface area contributed by atoms with Gasteiger partial charge in [0.1, 0.15) is 10.6 Å². The van der Waals surface area contributed by atoms with Gasteiger partial charge in [0.25, 0.3) is 5.69 Å². The molecule has 0 atom stereocenters. The number of rotatable bonds is 7. The molecule has 2 aromatic rings. The van der Waals surface area contributed by atoms with E-state index in [1.807, 2.05) is 0 Å². The van der Waals surface area contributed by atoms with Crippen molar-refractivity contribution in [2.45, 2.75) is 20.3 Å². The molecule has 0 spiro atoms. The molecule has 1 aromatic carbocycles. The standard InChI is InChI=1S/C17H17ClN2O5S/c1-3-25-17(22)15-14(11-4-6-12(7-5-11)20(23)24)10(2)26-16(15)19-13(21)8-9-18/h4-7H,3,8-9H2,1-2H3,(H,19,21). The number of amides is 1. The van der Waals surface area contributed by atoms with Crippen molar-refractivity contribution < 1.29 is 19.2 Å². The maximum absolute atomic E-state index is 12.5. The van der Waals surface area contributed by atoms with E-state index in [4.69, 9.17) is 16.3 Å². The lowest BCUT2D eigenvalue weighted by atomic mass is 10.0. The van der Waals surface area contributed by atoms with Crippen molar-refractivity contribution in [1.82, 2.24) is 0 Å². The number of alkyl halides is 1. The molecule has 2 rings (SSSR count). The van der Waals surface area contributed by atoms with E-state index < -0.39 is 10.9 Å². The van der Waals surface area contributed by atoms with Crippen molar-refractivity contribution in [2.24, 2.45) is 0 Å². The van der Waals surface area contributed by atoms with Crippen LogP contribution >= 0.6 is 22.9 Å². The van der Waals surface area contributed by atoms with Gasteiger partial charge in [-0.3, -0.25) is 14.9 Å². The molecule has 0 aliphatic rings. The van der Waals surface area contributed by atoms with Gasteiger partial charge < -0.3 is 10.1 Å². The molecule has 0 aliphatic heterocycles. The maximum atomic E-state index is 12.5. The zero-order valence-corrected chi connectivity index (χ0v) is 15.8. The van der Waals surface area contributed by atoms with Crippen LogP contribution in [0.2, 0.25) is 0 Å². The smallest absolute Gasteiger partial charge is 0.341 e. The first-order valence-electron chi connectivity index (χ1n) is 7.80. The number of hydrogen-bond acceptors (Lipinski definition) is 6. The van der Waals surface area contributed by atoms with Crippen molar-refractivity contribution in [3.05, 3.63) is 44.8 Å². The zero-order valence-electron chi connectivity index (χ0n) is 14.2. The third kappa shape index (κ3) is 4.39. The fraction of sp³-hybridized carbons (Fsp3) is 0.294. The normalized spacial score (nSPS) is 10.4. The van der Waals surface area contributed by atoms with E-state index in [0.717, 1.165) is 4.88 Å². The van der Waals surface area contributed by atoms with Crippen LogP contribution in [0.1, 0.15) is 28.6 Å². The number of ether oxygens (including phenoxy) is 1. The Kier molecular flexibility index (Phi) is 6.70. The van der Waals surface area contributed by atoms with Gasteiger partial charge in [0, 0.05) is 34.9 Å². The van der Waals surface area contributed by atoms with Crippen LogP contribution in [-0.2, 0) is 9.53 Å². The third-order valence-corrected chi connectivity index (χ3v) is 4.71. The van der Waals surface area contributed by atoms with Crippen molar-refractivity contribution in [3.8, 4) is 11.1 Å². The molecule has 9 heteroatoms. The Morgan fingerprint density at radius 2 is 1.96 bits per heavy atom. The highest BCUT2D eigenvalue weighted by Gasteiger charge is 2.25. The molecular weight excluding hydrogens is 380 g/mol. The van der Waals surface area contributed by atoms with Gasteiger partial charge >= 0.3 is 5.97 Å². The number of nitrogens with zero attached hydrogens (tertiary/aromatic N) is 1. The molecule has 1 N–H and O–H groups in total. The molecule has 0 bridgehead atoms. The van der Waals surface area contributed by atoms with Gasteiger partial charge in [-0.2, -0.15) is 0 Å². The van der Waals surface area contributed by atoms with Crippen LogP contribution in [0.3, 0.4) is 0 Å². The van der Waals surface area contributed by atoms with E-state index in [1.54, 1.807) is 26.0 Å². The monoisotopic (exact) mass is 396 g/mol. The summed E-state index contributed by atoms with van der Waals surface area (Å²) in [7, 11) is 0. The van der Waals surface area contributed by atoms with Crippen molar-refractivity contribution in [3.63, 3.8) is 0 Å². The van der Waals surface area contributed by atoms with Crippen molar-refractivity contribution in [2.75, 3.05) is 17.8 Å². The van der Waals surface area contributed by atoms with Crippen LogP contribution in [0.15, 0.2) is 24.3 Å². The quantitative estimate of drug-likeness (QED) is 0.324. The number of aryl methyl sites for hydroxylation is 1. The zero-order chi connectivity index (χ0) is 19.3. The van der Waals surface area contributed by atoms with Crippen LogP contribution in [0.25, 0.3) is 11.1 Å². The number of nitrogens with one attached hydrogen (secondary N) is 1. The summed E-state index contributed by atoms with van der Waals surface area (Å²) in [4.78, 5) is 35.5. The first kappa shape index (κ1) is 19.9. The lowest BCUT2D eigenvalue weighted by molar-refractivity contribution is -0.384. The minimum atomic E-state index is -0.564. The molecule has 1 amide bonds. The summed E-state index contributed by atoms with van der Waals surface area (Å²) < 4.78 is 5.13. The number of carbonyl (C=O) groups excluding carboxylic acids is 2. The highest BCUT2D eigenvalue weighted by atomic mass is 35.5. The summed E-state index contributed by atoms with van der Waals surface area (Å²) in [6.45, 7) is 3.68. The Morgan fingerprint density at radius 3 is 2.50 bits per heavy atom. The highest BCUT2D eigenvalue weighted by molar-refractivity contribution is 7.17. The van der Waals surface area contributed by atoms with Gasteiger partial charge in [-0.15, -0.1) is 22.9 Å². The number of non-ortho nitro benzene ring substituents is 1. The van der Waals surface area contributed by atoms with E-state index in [2.05, 4.69) is 5.32 Å². The maximum Gasteiger partial charge on any atom is 0.341 e. The number of esters is 1. The topological polar surface area (TPSA) is 98.5 Å². The largest absolute Gasteiger partial charge is 0.462 e. The predicted octanol–water partition coefficient (Wildman–Crippen LogP) is 4.38. The van der Waals surface area contributed by atoms with Gasteiger partial charge in [-0.1, -0.05) is 0 Å². The fourth-order valence-electron chi connectivity index (χ4n) is 2.40. The molecule has 7 nitrogen and oxygen atoms in total. The number of halogens is 1. The van der Waals surface area contributed by atoms with E-state index >= 15 is 0 Å². The third-order valence-electron chi connectivity index (χ3n) is 3.51. The predicted molar refractivity (Wildman–Crippen MR) is 101 cm³/mol. The molecule has 138 valence electrons. The molecule has 26 heavy (non-hydrogen) atoms. The van der Waals surface area contributed by atoms with Gasteiger partial charge in [0.2, 0.25) is 5.91 Å². The van der Waals surface area contributed by atoms with Crippen LogP contribution in [0.4, 0.5) is 10.7 Å². The Balaban J connectivity index is 2.53. The Morgan fingerprint density at radius 1 is 1.31 bits per heavy atom. The summed E-state index contributed by atoms with van der Waals surface area (Å²) in [6, 6.07) is 5.88. The number of benzene rings is 1. The summed E-state index contributed by atoms with van der Waals surface area (Å²) >= 11 is 6.83. The number of thiophene rings is 1. The average molecular weight is 397 g/mol. The van der Waals surface area contributed by atoms with Crippen LogP contribution < -0.4 is 5.32 Å². The molecular formula is C17H17ClN2O5S. The van der Waals surface area contributed by atoms with Crippen LogP contribution in [0, 0.1) is 17.0 Å². The molecule has 0 saturated heterocycles. The minimum Gasteiger partial charge on any atom is -0.462 e. The van der Waals surface area contributed by atoms with Crippen LogP contribution in [0.5, 0.6) is 0 Å². The Labute approximate surface area is 159 Å². The van der Waals surface area contributed by atoms with Gasteiger partial charge in [-0.25, -0.2) is 4.79 Å². The summed E-state index contributed by atoms with van der Waals surface area (Å²) in [5.74, 6) is -0.700. The second-order valence-electron chi connectivity index (χ2n) is 5.25. The fourth-order valence-corrected chi connectivity index (χ4v) is 3.66. The first-order valence-corrected chi connectivity index (χ1v) is 9.15. The molecule has 0 fully saturated rings. The molecule has 1 heterocycles. The number of carbonyl (C=O) groups is 2. The second kappa shape index (κ2) is 8.77. The summed E-state index contributed by atoms with van der Waals surface area (Å²) in [5, 5.41) is 13.9. The van der Waals surface area contributed by atoms with Crippen molar-refractivity contribution >= 4 is 45.5 Å². The molecule has 1 aromatic heterocycles. The molecule has 0 radical (unpaired) electrons.